The second-order valence-electron chi connectivity index (χ2n) is 7.90. The highest BCUT2D eigenvalue weighted by molar-refractivity contribution is 7.80. The Balaban J connectivity index is 1.59. The lowest BCUT2D eigenvalue weighted by molar-refractivity contribution is -0.130. The molecular weight excluding hydrogens is 400 g/mol. The van der Waals surface area contributed by atoms with Gasteiger partial charge < -0.3 is 24.6 Å². The van der Waals surface area contributed by atoms with Crippen molar-refractivity contribution in [2.24, 2.45) is 0 Å². The van der Waals surface area contributed by atoms with Gasteiger partial charge in [0.15, 0.2) is 5.11 Å². The maximum Gasteiger partial charge on any atom is 0.219 e. The van der Waals surface area contributed by atoms with Crippen LogP contribution in [0.1, 0.15) is 26.2 Å². The molecule has 30 heavy (non-hydrogen) atoms. The first kappa shape index (κ1) is 22.8. The molecule has 0 unspecified atom stereocenters. The number of benzene rings is 1. The number of piperidine rings is 1. The van der Waals surface area contributed by atoms with Crippen LogP contribution in [0, 0.1) is 0 Å². The summed E-state index contributed by atoms with van der Waals surface area (Å²) in [4.78, 5) is 18.4. The molecule has 0 aromatic heterocycles. The Kier molecular flexibility index (Phi) is 8.72. The average molecular weight is 435 g/mol. The molecule has 2 saturated heterocycles. The lowest BCUT2D eigenvalue weighted by Crippen LogP contribution is -2.50. The van der Waals surface area contributed by atoms with E-state index in [0.717, 1.165) is 88.3 Å². The summed E-state index contributed by atoms with van der Waals surface area (Å²) in [7, 11) is 1.66. The molecule has 2 aliphatic heterocycles. The molecule has 0 saturated carbocycles. The zero-order chi connectivity index (χ0) is 21.3. The number of methoxy groups -OCH3 is 1. The van der Waals surface area contributed by atoms with E-state index in [9.17, 15) is 4.79 Å². The summed E-state index contributed by atoms with van der Waals surface area (Å²) < 4.78 is 10.7. The van der Waals surface area contributed by atoms with Crippen LogP contribution in [0.2, 0.25) is 0 Å². The number of ether oxygens (including phenoxy) is 2. The zero-order valence-electron chi connectivity index (χ0n) is 18.1. The molecule has 1 aromatic rings. The maximum absolute atomic E-state index is 11.7. The number of carbonyl (C=O) groups is 1. The van der Waals surface area contributed by atoms with Gasteiger partial charge in [0.25, 0.3) is 0 Å². The molecular formula is C22H34N4O3S. The maximum atomic E-state index is 11.7. The summed E-state index contributed by atoms with van der Waals surface area (Å²) in [6.07, 6.45) is 2.94. The molecule has 3 rings (SSSR count). The van der Waals surface area contributed by atoms with E-state index in [4.69, 9.17) is 21.7 Å². The Bertz CT molecular complexity index is 686. The number of morpholine rings is 1. The predicted octanol–water partition coefficient (Wildman–Crippen LogP) is 2.43. The molecule has 1 aromatic carbocycles. The van der Waals surface area contributed by atoms with E-state index in [1.54, 1.807) is 14.0 Å². The topological polar surface area (TPSA) is 57.3 Å². The van der Waals surface area contributed by atoms with Crippen LogP contribution in [-0.4, -0.2) is 91.4 Å². The van der Waals surface area contributed by atoms with Crippen molar-refractivity contribution in [3.63, 3.8) is 0 Å². The Labute approximate surface area is 185 Å². The number of rotatable bonds is 7. The van der Waals surface area contributed by atoms with Crippen molar-refractivity contribution < 1.29 is 14.3 Å². The van der Waals surface area contributed by atoms with Gasteiger partial charge in [0.1, 0.15) is 5.75 Å². The summed E-state index contributed by atoms with van der Waals surface area (Å²) in [5.41, 5.74) is 0.958. The van der Waals surface area contributed by atoms with Crippen LogP contribution in [0.4, 0.5) is 5.69 Å². The normalized spacial score (nSPS) is 18.1. The van der Waals surface area contributed by atoms with Crippen LogP contribution in [0.25, 0.3) is 0 Å². The number of amides is 1. The van der Waals surface area contributed by atoms with E-state index in [1.807, 2.05) is 29.2 Å². The van der Waals surface area contributed by atoms with Crippen molar-refractivity contribution in [1.82, 2.24) is 14.7 Å². The van der Waals surface area contributed by atoms with Crippen molar-refractivity contribution in [1.29, 1.82) is 0 Å². The average Bonchev–Trinajstić information content (AvgIpc) is 2.78. The summed E-state index contributed by atoms with van der Waals surface area (Å²) in [6, 6.07) is 8.17. The van der Waals surface area contributed by atoms with E-state index in [-0.39, 0.29) is 5.91 Å². The first-order valence-corrected chi connectivity index (χ1v) is 11.2. The molecule has 2 aliphatic rings. The fourth-order valence-electron chi connectivity index (χ4n) is 4.10. The monoisotopic (exact) mass is 434 g/mol. The van der Waals surface area contributed by atoms with Crippen LogP contribution in [-0.2, 0) is 9.53 Å². The molecule has 1 amide bonds. The highest BCUT2D eigenvalue weighted by atomic mass is 32.1. The molecule has 7 nitrogen and oxygen atoms in total. The molecule has 8 heteroatoms. The highest BCUT2D eigenvalue weighted by Crippen LogP contribution is 2.20. The Morgan fingerprint density at radius 2 is 1.87 bits per heavy atom. The van der Waals surface area contributed by atoms with Gasteiger partial charge >= 0.3 is 0 Å². The third kappa shape index (κ3) is 6.55. The van der Waals surface area contributed by atoms with E-state index >= 15 is 0 Å². The van der Waals surface area contributed by atoms with Crippen molar-refractivity contribution in [3.8, 4) is 5.75 Å². The van der Waals surface area contributed by atoms with Gasteiger partial charge in [-0.2, -0.15) is 0 Å². The molecule has 2 heterocycles. The third-order valence-corrected chi connectivity index (χ3v) is 6.27. The molecule has 1 N–H and O–H groups in total. The molecule has 0 atom stereocenters. The van der Waals surface area contributed by atoms with Crippen LogP contribution in [0.15, 0.2) is 24.3 Å². The van der Waals surface area contributed by atoms with Gasteiger partial charge in [-0.1, -0.05) is 0 Å². The smallest absolute Gasteiger partial charge is 0.219 e. The van der Waals surface area contributed by atoms with Crippen LogP contribution < -0.4 is 10.1 Å². The minimum Gasteiger partial charge on any atom is -0.497 e. The number of hydrogen-bond donors (Lipinski definition) is 1. The van der Waals surface area contributed by atoms with Gasteiger partial charge in [-0.15, -0.1) is 0 Å². The van der Waals surface area contributed by atoms with Crippen molar-refractivity contribution in [3.05, 3.63) is 24.3 Å². The van der Waals surface area contributed by atoms with Gasteiger partial charge in [0, 0.05) is 57.9 Å². The predicted molar refractivity (Wildman–Crippen MR) is 123 cm³/mol. The molecule has 2 fully saturated rings. The minimum atomic E-state index is 0.159. The molecule has 166 valence electrons. The lowest BCUT2D eigenvalue weighted by atomic mass is 10.0. The van der Waals surface area contributed by atoms with E-state index < -0.39 is 0 Å². The zero-order valence-corrected chi connectivity index (χ0v) is 19.0. The highest BCUT2D eigenvalue weighted by Gasteiger charge is 2.27. The van der Waals surface area contributed by atoms with Crippen molar-refractivity contribution in [2.45, 2.75) is 32.2 Å². The van der Waals surface area contributed by atoms with E-state index in [0.29, 0.717) is 6.04 Å². The second-order valence-corrected chi connectivity index (χ2v) is 8.28. The number of thiocarbonyl (C=S) groups is 1. The summed E-state index contributed by atoms with van der Waals surface area (Å²) in [5, 5.41) is 4.15. The van der Waals surface area contributed by atoms with Gasteiger partial charge in [-0.3, -0.25) is 9.69 Å². The Morgan fingerprint density at radius 3 is 2.47 bits per heavy atom. The quantitative estimate of drug-likeness (QED) is 0.662. The number of anilines is 1. The summed E-state index contributed by atoms with van der Waals surface area (Å²) in [5.74, 6) is 0.983. The van der Waals surface area contributed by atoms with Gasteiger partial charge in [-0.05, 0) is 55.7 Å². The molecule has 0 radical (unpaired) electrons. The summed E-state index contributed by atoms with van der Waals surface area (Å²) >= 11 is 5.82. The van der Waals surface area contributed by atoms with Crippen LogP contribution in [0.3, 0.4) is 0 Å². The SMILES string of the molecule is COc1ccc(NC(=S)N(CCCN2CCOCC2)C2CCN(C(C)=O)CC2)cc1. The van der Waals surface area contributed by atoms with Crippen molar-refractivity contribution >= 4 is 28.9 Å². The van der Waals surface area contributed by atoms with Crippen molar-refractivity contribution in [2.75, 3.05) is 64.9 Å². The molecule has 0 aliphatic carbocycles. The number of nitrogens with zero attached hydrogens (tertiary/aromatic N) is 3. The largest absolute Gasteiger partial charge is 0.497 e. The minimum absolute atomic E-state index is 0.159. The molecule has 0 bridgehead atoms. The first-order valence-electron chi connectivity index (χ1n) is 10.8. The lowest BCUT2D eigenvalue weighted by Gasteiger charge is -2.40. The van der Waals surface area contributed by atoms with E-state index in [1.165, 1.54) is 0 Å². The number of carbonyl (C=O) groups excluding carboxylic acids is 1. The van der Waals surface area contributed by atoms with Crippen LogP contribution >= 0.6 is 12.2 Å². The summed E-state index contributed by atoms with van der Waals surface area (Å²) in [6.45, 7) is 8.86. The fourth-order valence-corrected chi connectivity index (χ4v) is 4.46. The number of likely N-dealkylation sites (tertiary alicyclic amines) is 1. The number of hydrogen-bond acceptors (Lipinski definition) is 5. The number of nitrogens with one attached hydrogen (secondary N) is 1. The van der Waals surface area contributed by atoms with Crippen LogP contribution in [0.5, 0.6) is 5.75 Å². The van der Waals surface area contributed by atoms with Gasteiger partial charge in [-0.25, -0.2) is 0 Å². The van der Waals surface area contributed by atoms with Gasteiger partial charge in [0.2, 0.25) is 5.91 Å². The van der Waals surface area contributed by atoms with Gasteiger partial charge in [0.05, 0.1) is 20.3 Å². The second kappa shape index (κ2) is 11.5. The fraction of sp³-hybridized carbons (Fsp3) is 0.636. The first-order chi connectivity index (χ1) is 14.6. The Hall–Kier alpha value is -1.90. The molecule has 0 spiro atoms. The Morgan fingerprint density at radius 1 is 1.20 bits per heavy atom. The standard InChI is InChI=1S/C22H34N4O3S/c1-18(27)25-12-8-20(9-13-25)26(11-3-10-24-14-16-29-17-15-24)22(30)23-19-4-6-21(28-2)7-5-19/h4-7,20H,3,8-17H2,1-2H3,(H,23,30). The third-order valence-electron chi connectivity index (χ3n) is 5.93. The van der Waals surface area contributed by atoms with E-state index in [2.05, 4.69) is 15.1 Å².